The summed E-state index contributed by atoms with van der Waals surface area (Å²) in [5, 5.41) is 0. The van der Waals surface area contributed by atoms with E-state index in [1.54, 1.807) is 0 Å². The van der Waals surface area contributed by atoms with Crippen LogP contribution >= 0.6 is 0 Å². The van der Waals surface area contributed by atoms with Crippen LogP contribution in [0.4, 0.5) is 5.69 Å². The van der Waals surface area contributed by atoms with Crippen molar-refractivity contribution in [2.75, 3.05) is 24.6 Å². The van der Waals surface area contributed by atoms with Crippen molar-refractivity contribution < 1.29 is 4.74 Å². The van der Waals surface area contributed by atoms with Gasteiger partial charge in [-0.05, 0) is 37.0 Å². The first-order valence-corrected chi connectivity index (χ1v) is 8.61. The van der Waals surface area contributed by atoms with Crippen LogP contribution in [0.25, 0.3) is 0 Å². The Kier molecular flexibility index (Phi) is 5.19. The maximum atomic E-state index is 6.19. The molecule has 122 valence electrons. The van der Waals surface area contributed by atoms with Crippen molar-refractivity contribution in [1.82, 2.24) is 0 Å². The van der Waals surface area contributed by atoms with Crippen molar-refractivity contribution in [2.24, 2.45) is 5.73 Å². The Morgan fingerprint density at radius 2 is 1.91 bits per heavy atom. The van der Waals surface area contributed by atoms with Gasteiger partial charge in [0.15, 0.2) is 0 Å². The lowest BCUT2D eigenvalue weighted by Crippen LogP contribution is -2.37. The molecular formula is C20H26N2O. The van der Waals surface area contributed by atoms with Crippen molar-refractivity contribution in [3.63, 3.8) is 0 Å². The third-order valence-electron chi connectivity index (χ3n) is 4.49. The van der Waals surface area contributed by atoms with Crippen LogP contribution in [0, 0.1) is 0 Å². The molecule has 1 atom stereocenters. The lowest BCUT2D eigenvalue weighted by Gasteiger charge is -2.38. The van der Waals surface area contributed by atoms with E-state index < -0.39 is 0 Å². The molecule has 3 heteroatoms. The largest absolute Gasteiger partial charge is 0.493 e. The summed E-state index contributed by atoms with van der Waals surface area (Å²) in [5.41, 5.74) is 10.1. The Labute approximate surface area is 139 Å². The third-order valence-corrected chi connectivity index (χ3v) is 4.49. The van der Waals surface area contributed by atoms with Gasteiger partial charge in [0.25, 0.3) is 0 Å². The van der Waals surface area contributed by atoms with Crippen LogP contribution in [0.2, 0.25) is 0 Å². The van der Waals surface area contributed by atoms with Gasteiger partial charge in [-0.1, -0.05) is 43.3 Å². The average molecular weight is 310 g/mol. The van der Waals surface area contributed by atoms with Gasteiger partial charge in [-0.2, -0.15) is 0 Å². The second-order valence-corrected chi connectivity index (χ2v) is 6.06. The van der Waals surface area contributed by atoms with Crippen LogP contribution in [-0.4, -0.2) is 19.7 Å². The molecule has 23 heavy (non-hydrogen) atoms. The Morgan fingerprint density at radius 3 is 2.74 bits per heavy atom. The second-order valence-electron chi connectivity index (χ2n) is 6.06. The highest BCUT2D eigenvalue weighted by Crippen LogP contribution is 2.36. The summed E-state index contributed by atoms with van der Waals surface area (Å²) in [6, 6.07) is 17.2. The number of rotatable bonds is 6. The SMILES string of the molecule is CCCOc1ccccc1C(CN)N1CCCc2ccccc21. The maximum absolute atomic E-state index is 6.19. The molecule has 1 aliphatic rings. The highest BCUT2D eigenvalue weighted by atomic mass is 16.5. The number of hydrogen-bond acceptors (Lipinski definition) is 3. The number of nitrogens with zero attached hydrogens (tertiary/aromatic N) is 1. The van der Waals surface area contributed by atoms with Gasteiger partial charge in [0.2, 0.25) is 0 Å². The van der Waals surface area contributed by atoms with Gasteiger partial charge in [-0.3, -0.25) is 0 Å². The second kappa shape index (κ2) is 7.51. The van der Waals surface area contributed by atoms with Gasteiger partial charge in [-0.15, -0.1) is 0 Å². The topological polar surface area (TPSA) is 38.5 Å². The van der Waals surface area contributed by atoms with E-state index in [1.807, 2.05) is 6.07 Å². The number of anilines is 1. The van der Waals surface area contributed by atoms with E-state index in [4.69, 9.17) is 10.5 Å². The molecule has 3 rings (SSSR count). The van der Waals surface area contributed by atoms with Crippen LogP contribution in [0.5, 0.6) is 5.75 Å². The predicted octanol–water partition coefficient (Wildman–Crippen LogP) is 3.93. The monoisotopic (exact) mass is 310 g/mol. The zero-order valence-corrected chi connectivity index (χ0v) is 13.9. The molecule has 0 aromatic heterocycles. The van der Waals surface area contributed by atoms with Crippen LogP contribution < -0.4 is 15.4 Å². The number of nitrogens with two attached hydrogens (primary N) is 1. The van der Waals surface area contributed by atoms with E-state index in [0.717, 1.165) is 31.7 Å². The first kappa shape index (κ1) is 15.9. The number of aryl methyl sites for hydroxylation is 1. The van der Waals surface area contributed by atoms with Crippen molar-refractivity contribution in [2.45, 2.75) is 32.2 Å². The van der Waals surface area contributed by atoms with E-state index in [1.165, 1.54) is 23.2 Å². The first-order valence-electron chi connectivity index (χ1n) is 8.61. The minimum Gasteiger partial charge on any atom is -0.493 e. The molecule has 0 fully saturated rings. The fourth-order valence-corrected chi connectivity index (χ4v) is 3.41. The minimum atomic E-state index is 0.157. The Bertz CT molecular complexity index is 641. The predicted molar refractivity (Wildman–Crippen MR) is 96.1 cm³/mol. The third kappa shape index (κ3) is 3.35. The summed E-state index contributed by atoms with van der Waals surface area (Å²) in [6.07, 6.45) is 3.33. The quantitative estimate of drug-likeness (QED) is 0.878. The van der Waals surface area contributed by atoms with Crippen molar-refractivity contribution in [1.29, 1.82) is 0 Å². The van der Waals surface area contributed by atoms with E-state index in [0.29, 0.717) is 6.54 Å². The molecule has 0 amide bonds. The molecular weight excluding hydrogens is 284 g/mol. The smallest absolute Gasteiger partial charge is 0.124 e. The molecule has 0 bridgehead atoms. The molecule has 1 unspecified atom stereocenters. The molecule has 1 aliphatic heterocycles. The standard InChI is InChI=1S/C20H26N2O/c1-2-14-23-20-12-6-4-10-17(20)19(15-21)22-13-7-9-16-8-3-5-11-18(16)22/h3-6,8,10-12,19H,2,7,9,13-15,21H2,1H3. The highest BCUT2D eigenvalue weighted by Gasteiger charge is 2.26. The lowest BCUT2D eigenvalue weighted by molar-refractivity contribution is 0.311. The summed E-state index contributed by atoms with van der Waals surface area (Å²) < 4.78 is 5.97. The number of hydrogen-bond donors (Lipinski definition) is 1. The maximum Gasteiger partial charge on any atom is 0.124 e. The number of para-hydroxylation sites is 2. The van der Waals surface area contributed by atoms with Gasteiger partial charge in [0.05, 0.1) is 12.6 Å². The number of fused-ring (bicyclic) bond motifs is 1. The van der Waals surface area contributed by atoms with Crippen molar-refractivity contribution in [3.8, 4) is 5.75 Å². The number of ether oxygens (including phenoxy) is 1. The molecule has 3 nitrogen and oxygen atoms in total. The van der Waals surface area contributed by atoms with Gasteiger partial charge in [0, 0.05) is 24.3 Å². The summed E-state index contributed by atoms with van der Waals surface area (Å²) in [5.74, 6) is 0.966. The highest BCUT2D eigenvalue weighted by molar-refractivity contribution is 5.58. The normalized spacial score (nSPS) is 15.1. The molecule has 0 saturated carbocycles. The van der Waals surface area contributed by atoms with E-state index in [-0.39, 0.29) is 6.04 Å². The van der Waals surface area contributed by atoms with Crippen LogP contribution in [0.3, 0.4) is 0 Å². The zero-order chi connectivity index (χ0) is 16.1. The minimum absolute atomic E-state index is 0.157. The lowest BCUT2D eigenvalue weighted by atomic mass is 9.96. The molecule has 1 heterocycles. The van der Waals surface area contributed by atoms with E-state index in [9.17, 15) is 0 Å². The summed E-state index contributed by atoms with van der Waals surface area (Å²) in [7, 11) is 0. The van der Waals surface area contributed by atoms with Gasteiger partial charge in [-0.25, -0.2) is 0 Å². The van der Waals surface area contributed by atoms with Gasteiger partial charge in [0.1, 0.15) is 5.75 Å². The van der Waals surface area contributed by atoms with Crippen molar-refractivity contribution >= 4 is 5.69 Å². The molecule has 2 aromatic rings. The molecule has 0 spiro atoms. The molecule has 0 aliphatic carbocycles. The number of benzene rings is 2. The van der Waals surface area contributed by atoms with Crippen molar-refractivity contribution in [3.05, 3.63) is 59.7 Å². The summed E-state index contributed by atoms with van der Waals surface area (Å²) in [6.45, 7) is 4.50. The molecule has 2 N–H and O–H groups in total. The van der Waals surface area contributed by atoms with E-state index >= 15 is 0 Å². The Balaban J connectivity index is 1.95. The molecule has 0 radical (unpaired) electrons. The van der Waals surface area contributed by atoms with Crippen LogP contribution in [-0.2, 0) is 6.42 Å². The van der Waals surface area contributed by atoms with E-state index in [2.05, 4.69) is 54.3 Å². The van der Waals surface area contributed by atoms with Gasteiger partial charge < -0.3 is 15.4 Å². The van der Waals surface area contributed by atoms with Gasteiger partial charge >= 0.3 is 0 Å². The molecule has 0 saturated heterocycles. The Hall–Kier alpha value is -2.00. The van der Waals surface area contributed by atoms with Crippen LogP contribution in [0.1, 0.15) is 36.9 Å². The molecule has 2 aromatic carbocycles. The first-order chi connectivity index (χ1) is 11.3. The fourth-order valence-electron chi connectivity index (χ4n) is 3.41. The van der Waals surface area contributed by atoms with Crippen LogP contribution in [0.15, 0.2) is 48.5 Å². The summed E-state index contributed by atoms with van der Waals surface area (Å²) >= 11 is 0. The zero-order valence-electron chi connectivity index (χ0n) is 13.9. The summed E-state index contributed by atoms with van der Waals surface area (Å²) in [4.78, 5) is 2.45. The average Bonchev–Trinajstić information content (AvgIpc) is 2.62. The fraction of sp³-hybridized carbons (Fsp3) is 0.400. The Morgan fingerprint density at radius 1 is 1.13 bits per heavy atom.